The Morgan fingerprint density at radius 2 is 1.61 bits per heavy atom. The second-order valence-electron chi connectivity index (χ2n) is 5.36. The van der Waals surface area contributed by atoms with Crippen LogP contribution in [0.4, 0.5) is 5.69 Å². The number of aryl methyl sites for hydroxylation is 1. The van der Waals surface area contributed by atoms with E-state index < -0.39 is 10.0 Å². The molecule has 0 saturated heterocycles. The van der Waals surface area contributed by atoms with Gasteiger partial charge < -0.3 is 0 Å². The molecule has 0 amide bonds. The standard InChI is InChI=1S/C18H21NO3S/c1-3-19(17-7-5-4-6-8-17)23(21,22)14-13-18(20)16-11-9-15(2)10-12-16/h4-12H,3,13-14H2,1-2H3. The van der Waals surface area contributed by atoms with Crippen molar-refractivity contribution in [3.8, 4) is 0 Å². The molecule has 0 bridgehead atoms. The van der Waals surface area contributed by atoms with Crippen LogP contribution in [0.25, 0.3) is 0 Å². The lowest BCUT2D eigenvalue weighted by molar-refractivity contribution is 0.0988. The number of anilines is 1. The first-order valence-electron chi connectivity index (χ1n) is 7.59. The van der Waals surface area contributed by atoms with Gasteiger partial charge >= 0.3 is 0 Å². The van der Waals surface area contributed by atoms with Crippen LogP contribution in [0.5, 0.6) is 0 Å². The van der Waals surface area contributed by atoms with Crippen molar-refractivity contribution in [2.75, 3.05) is 16.6 Å². The van der Waals surface area contributed by atoms with Crippen LogP contribution in [-0.4, -0.2) is 26.5 Å². The average molecular weight is 331 g/mol. The first-order chi connectivity index (χ1) is 10.9. The number of carbonyl (C=O) groups excluding carboxylic acids is 1. The van der Waals surface area contributed by atoms with Gasteiger partial charge in [0.05, 0.1) is 11.4 Å². The van der Waals surface area contributed by atoms with E-state index in [-0.39, 0.29) is 18.0 Å². The van der Waals surface area contributed by atoms with E-state index in [0.29, 0.717) is 17.8 Å². The van der Waals surface area contributed by atoms with Gasteiger partial charge in [0.25, 0.3) is 0 Å². The van der Waals surface area contributed by atoms with Crippen molar-refractivity contribution < 1.29 is 13.2 Å². The molecule has 5 heteroatoms. The molecule has 122 valence electrons. The van der Waals surface area contributed by atoms with Crippen LogP contribution >= 0.6 is 0 Å². The number of Topliss-reactive ketones (excluding diaryl/α,β-unsaturated/α-hetero) is 1. The number of nitrogens with zero attached hydrogens (tertiary/aromatic N) is 1. The molecule has 0 aliphatic rings. The summed E-state index contributed by atoms with van der Waals surface area (Å²) >= 11 is 0. The number of rotatable bonds is 7. The van der Waals surface area contributed by atoms with Gasteiger partial charge in [-0.25, -0.2) is 8.42 Å². The van der Waals surface area contributed by atoms with Gasteiger partial charge in [0, 0.05) is 18.5 Å². The van der Waals surface area contributed by atoms with Crippen molar-refractivity contribution >= 4 is 21.5 Å². The zero-order valence-corrected chi connectivity index (χ0v) is 14.2. The molecule has 0 saturated carbocycles. The lowest BCUT2D eigenvalue weighted by atomic mass is 10.1. The van der Waals surface area contributed by atoms with Gasteiger partial charge in [-0.2, -0.15) is 0 Å². The van der Waals surface area contributed by atoms with Crippen molar-refractivity contribution in [1.82, 2.24) is 0 Å². The molecule has 2 aromatic carbocycles. The highest BCUT2D eigenvalue weighted by atomic mass is 32.2. The molecule has 0 N–H and O–H groups in total. The fourth-order valence-electron chi connectivity index (χ4n) is 2.35. The van der Waals surface area contributed by atoms with Gasteiger partial charge in [-0.05, 0) is 26.0 Å². The van der Waals surface area contributed by atoms with Crippen molar-refractivity contribution in [2.24, 2.45) is 0 Å². The van der Waals surface area contributed by atoms with Crippen LogP contribution in [-0.2, 0) is 10.0 Å². The molecule has 0 radical (unpaired) electrons. The maximum atomic E-state index is 12.5. The summed E-state index contributed by atoms with van der Waals surface area (Å²) in [5.41, 5.74) is 2.24. The largest absolute Gasteiger partial charge is 0.294 e. The van der Waals surface area contributed by atoms with Crippen LogP contribution < -0.4 is 4.31 Å². The molecule has 0 aliphatic carbocycles. The molecule has 23 heavy (non-hydrogen) atoms. The van der Waals surface area contributed by atoms with E-state index >= 15 is 0 Å². The first-order valence-corrected chi connectivity index (χ1v) is 9.20. The third-order valence-electron chi connectivity index (χ3n) is 3.63. The summed E-state index contributed by atoms with van der Waals surface area (Å²) in [6.07, 6.45) is -0.0191. The SMILES string of the molecule is CCN(c1ccccc1)S(=O)(=O)CCC(=O)c1ccc(C)cc1. The Labute approximate surface area is 137 Å². The molecular weight excluding hydrogens is 310 g/mol. The van der Waals surface area contributed by atoms with Crippen LogP contribution in [0, 0.1) is 6.92 Å². The van der Waals surface area contributed by atoms with Gasteiger partial charge in [-0.1, -0.05) is 48.0 Å². The fourth-order valence-corrected chi connectivity index (χ4v) is 3.85. The molecule has 0 spiro atoms. The normalized spacial score (nSPS) is 11.2. The monoisotopic (exact) mass is 331 g/mol. The zero-order chi connectivity index (χ0) is 16.9. The molecule has 4 nitrogen and oxygen atoms in total. The molecule has 0 fully saturated rings. The molecule has 0 heterocycles. The molecule has 0 unspecified atom stereocenters. The molecule has 0 aliphatic heterocycles. The van der Waals surface area contributed by atoms with E-state index in [4.69, 9.17) is 0 Å². The minimum absolute atomic E-state index is 0.0191. The van der Waals surface area contributed by atoms with Crippen LogP contribution in [0.1, 0.15) is 29.3 Å². The smallest absolute Gasteiger partial charge is 0.235 e. The highest BCUT2D eigenvalue weighted by Gasteiger charge is 2.22. The summed E-state index contributed by atoms with van der Waals surface area (Å²) < 4.78 is 26.4. The minimum Gasteiger partial charge on any atom is -0.294 e. The molecule has 0 atom stereocenters. The average Bonchev–Trinajstić information content (AvgIpc) is 2.55. The number of benzene rings is 2. The molecule has 2 aromatic rings. The van der Waals surface area contributed by atoms with Crippen molar-refractivity contribution in [2.45, 2.75) is 20.3 Å². The summed E-state index contributed by atoms with van der Waals surface area (Å²) in [4.78, 5) is 12.2. The molecular formula is C18H21NO3S. The highest BCUT2D eigenvalue weighted by molar-refractivity contribution is 7.92. The number of para-hydroxylation sites is 1. The number of hydrogen-bond acceptors (Lipinski definition) is 3. The molecule has 0 aromatic heterocycles. The van der Waals surface area contributed by atoms with Crippen molar-refractivity contribution in [3.05, 3.63) is 65.7 Å². The Balaban J connectivity index is 2.08. The maximum Gasteiger partial charge on any atom is 0.235 e. The Kier molecular flexibility index (Phi) is 5.55. The molecule has 2 rings (SSSR count). The van der Waals surface area contributed by atoms with Crippen LogP contribution in [0.15, 0.2) is 54.6 Å². The second kappa shape index (κ2) is 7.42. The van der Waals surface area contributed by atoms with Gasteiger partial charge in [0.2, 0.25) is 10.0 Å². The minimum atomic E-state index is -3.52. The van der Waals surface area contributed by atoms with Crippen LogP contribution in [0.3, 0.4) is 0 Å². The van der Waals surface area contributed by atoms with E-state index in [1.807, 2.05) is 25.1 Å². The van der Waals surface area contributed by atoms with Gasteiger partial charge in [0.15, 0.2) is 5.78 Å². The van der Waals surface area contributed by atoms with E-state index in [1.54, 1.807) is 43.3 Å². The highest BCUT2D eigenvalue weighted by Crippen LogP contribution is 2.18. The fraction of sp³-hybridized carbons (Fsp3) is 0.278. The predicted octanol–water partition coefficient (Wildman–Crippen LogP) is 3.42. The number of sulfonamides is 1. The second-order valence-corrected chi connectivity index (χ2v) is 7.37. The summed E-state index contributed by atoms with van der Waals surface area (Å²) in [5, 5.41) is 0. The Morgan fingerprint density at radius 3 is 2.17 bits per heavy atom. The number of ketones is 1. The van der Waals surface area contributed by atoms with E-state index in [9.17, 15) is 13.2 Å². The third-order valence-corrected chi connectivity index (χ3v) is 5.49. The van der Waals surface area contributed by atoms with Crippen molar-refractivity contribution in [3.63, 3.8) is 0 Å². The topological polar surface area (TPSA) is 54.5 Å². The van der Waals surface area contributed by atoms with Gasteiger partial charge in [-0.15, -0.1) is 0 Å². The Bertz CT molecular complexity index is 753. The number of hydrogen-bond donors (Lipinski definition) is 0. The summed E-state index contributed by atoms with van der Waals surface area (Å²) in [7, 11) is -3.52. The third kappa shape index (κ3) is 4.42. The lowest BCUT2D eigenvalue weighted by Gasteiger charge is -2.22. The quantitative estimate of drug-likeness (QED) is 0.731. The summed E-state index contributed by atoms with van der Waals surface area (Å²) in [6.45, 7) is 4.06. The summed E-state index contributed by atoms with van der Waals surface area (Å²) in [5.74, 6) is -0.347. The predicted molar refractivity (Wildman–Crippen MR) is 93.4 cm³/mol. The number of carbonyl (C=O) groups is 1. The first kappa shape index (κ1) is 17.2. The summed E-state index contributed by atoms with van der Waals surface area (Å²) in [6, 6.07) is 16.1. The van der Waals surface area contributed by atoms with E-state index in [1.165, 1.54) is 4.31 Å². The van der Waals surface area contributed by atoms with Crippen molar-refractivity contribution in [1.29, 1.82) is 0 Å². The van der Waals surface area contributed by atoms with E-state index in [2.05, 4.69) is 0 Å². The van der Waals surface area contributed by atoms with Gasteiger partial charge in [0.1, 0.15) is 0 Å². The Morgan fingerprint density at radius 1 is 1.00 bits per heavy atom. The van der Waals surface area contributed by atoms with Crippen LogP contribution in [0.2, 0.25) is 0 Å². The lowest BCUT2D eigenvalue weighted by Crippen LogP contribution is -2.33. The van der Waals surface area contributed by atoms with Gasteiger partial charge in [-0.3, -0.25) is 9.10 Å². The maximum absolute atomic E-state index is 12.5. The zero-order valence-electron chi connectivity index (χ0n) is 13.4. The Hall–Kier alpha value is -2.14. The van der Waals surface area contributed by atoms with E-state index in [0.717, 1.165) is 5.56 Å².